The number of ether oxygens (including phenoxy) is 1. The van der Waals surface area contributed by atoms with Crippen molar-refractivity contribution in [1.29, 1.82) is 0 Å². The number of hydrogen-bond acceptors (Lipinski definition) is 5. The van der Waals surface area contributed by atoms with E-state index in [4.69, 9.17) is 4.74 Å². The Morgan fingerprint density at radius 2 is 1.75 bits per heavy atom. The van der Waals surface area contributed by atoms with E-state index < -0.39 is 0 Å². The van der Waals surface area contributed by atoms with Crippen molar-refractivity contribution in [3.05, 3.63) is 71.3 Å². The maximum Gasteiger partial charge on any atom is 0.130 e. The third kappa shape index (κ3) is 5.28. The number of hydrazone groups is 1. The molecule has 0 bridgehead atoms. The van der Waals surface area contributed by atoms with Crippen molar-refractivity contribution in [2.24, 2.45) is 11.0 Å². The van der Waals surface area contributed by atoms with Crippen molar-refractivity contribution >= 4 is 23.9 Å². The molecule has 32 heavy (non-hydrogen) atoms. The van der Waals surface area contributed by atoms with Gasteiger partial charge < -0.3 is 20.2 Å². The van der Waals surface area contributed by atoms with Gasteiger partial charge in [-0.05, 0) is 50.6 Å². The summed E-state index contributed by atoms with van der Waals surface area (Å²) < 4.78 is 6.10. The number of hydrogen-bond donors (Lipinski definition) is 2. The van der Waals surface area contributed by atoms with E-state index >= 15 is 0 Å². The summed E-state index contributed by atoms with van der Waals surface area (Å²) in [7, 11) is 1.84. The third-order valence-electron chi connectivity index (χ3n) is 6.49. The molecule has 0 aliphatic carbocycles. The van der Waals surface area contributed by atoms with Crippen LogP contribution in [-0.4, -0.2) is 49.0 Å². The van der Waals surface area contributed by atoms with Gasteiger partial charge in [-0.3, -0.25) is 0 Å². The lowest BCUT2D eigenvalue weighted by Crippen LogP contribution is -2.40. The summed E-state index contributed by atoms with van der Waals surface area (Å²) in [6.45, 7) is 5.63. The highest BCUT2D eigenvalue weighted by molar-refractivity contribution is 5.86. The van der Waals surface area contributed by atoms with Crippen LogP contribution in [0.3, 0.4) is 0 Å². The molecule has 4 rings (SSSR count). The Bertz CT molecular complexity index is 939. The van der Waals surface area contributed by atoms with Gasteiger partial charge in [-0.2, -0.15) is 5.10 Å². The average Bonchev–Trinajstić information content (AvgIpc) is 2.82. The van der Waals surface area contributed by atoms with Gasteiger partial charge >= 0.3 is 0 Å². The standard InChI is InChI=1S/C26H33N3O2.ClH/c1-19(28-27-2)22(17-29-15-9-4-10-16-29)25(20-11-5-3-6-12-20)23-18-31-24-14-8-7-13-21(24)26(23)30;/h3,5-8,11-14,22,25,27,30H,4,9-10,15-18H2,1-2H3;1H/b28-19-;/t22-,25-;/m0./s1. The molecule has 2 atom stereocenters. The molecule has 0 aromatic heterocycles. The highest BCUT2D eigenvalue weighted by Crippen LogP contribution is 2.41. The number of para-hydroxylation sites is 1. The van der Waals surface area contributed by atoms with Gasteiger partial charge in [0.25, 0.3) is 0 Å². The van der Waals surface area contributed by atoms with Gasteiger partial charge in [0, 0.05) is 36.7 Å². The lowest BCUT2D eigenvalue weighted by Gasteiger charge is -2.37. The number of aliphatic hydroxyl groups excluding tert-OH is 1. The first-order chi connectivity index (χ1) is 15.2. The zero-order valence-electron chi connectivity index (χ0n) is 19.0. The van der Waals surface area contributed by atoms with Gasteiger partial charge in [0.05, 0.1) is 5.56 Å². The first-order valence-corrected chi connectivity index (χ1v) is 11.3. The third-order valence-corrected chi connectivity index (χ3v) is 6.49. The summed E-state index contributed by atoms with van der Waals surface area (Å²) in [5.74, 6) is 1.19. The van der Waals surface area contributed by atoms with E-state index in [1.807, 2.05) is 37.4 Å². The quantitative estimate of drug-likeness (QED) is 0.442. The number of nitrogens with zero attached hydrogens (tertiary/aromatic N) is 2. The van der Waals surface area contributed by atoms with Gasteiger partial charge in [0.1, 0.15) is 18.1 Å². The van der Waals surface area contributed by atoms with E-state index in [1.165, 1.54) is 24.8 Å². The number of halogens is 1. The van der Waals surface area contributed by atoms with E-state index in [1.54, 1.807) is 0 Å². The van der Waals surface area contributed by atoms with Crippen molar-refractivity contribution in [1.82, 2.24) is 10.3 Å². The van der Waals surface area contributed by atoms with E-state index in [0.29, 0.717) is 12.4 Å². The molecule has 0 spiro atoms. The number of benzene rings is 2. The Labute approximate surface area is 197 Å². The summed E-state index contributed by atoms with van der Waals surface area (Å²) >= 11 is 0. The molecule has 1 saturated heterocycles. The first-order valence-electron chi connectivity index (χ1n) is 11.3. The van der Waals surface area contributed by atoms with Crippen LogP contribution in [0.15, 0.2) is 65.3 Å². The molecule has 5 nitrogen and oxygen atoms in total. The second-order valence-corrected chi connectivity index (χ2v) is 8.49. The van der Waals surface area contributed by atoms with Crippen molar-refractivity contribution < 1.29 is 9.84 Å². The molecular weight excluding hydrogens is 422 g/mol. The number of nitrogens with one attached hydrogen (secondary N) is 1. The zero-order chi connectivity index (χ0) is 21.6. The molecule has 2 aromatic carbocycles. The second kappa shape index (κ2) is 11.4. The second-order valence-electron chi connectivity index (χ2n) is 8.49. The monoisotopic (exact) mass is 455 g/mol. The fraction of sp³-hybridized carbons (Fsp3) is 0.423. The van der Waals surface area contributed by atoms with Crippen molar-refractivity contribution in [2.45, 2.75) is 32.1 Å². The molecule has 2 aromatic rings. The van der Waals surface area contributed by atoms with Gasteiger partial charge in [-0.1, -0.05) is 48.9 Å². The van der Waals surface area contributed by atoms with Crippen LogP contribution in [0.4, 0.5) is 0 Å². The van der Waals surface area contributed by atoms with Gasteiger partial charge in [0.2, 0.25) is 0 Å². The highest BCUT2D eigenvalue weighted by Gasteiger charge is 2.35. The summed E-state index contributed by atoms with van der Waals surface area (Å²) in [5, 5.41) is 15.9. The predicted molar refractivity (Wildman–Crippen MR) is 134 cm³/mol. The number of likely N-dealkylation sites (tertiary alicyclic amines) is 1. The minimum atomic E-state index is -0.0198. The SMILES string of the molecule is CN/N=C(/C)[C@H](CN1CCCCC1)[C@@H](C1=C(O)c2ccccc2OC1)c1ccccc1.Cl. The Morgan fingerprint density at radius 3 is 2.47 bits per heavy atom. The average molecular weight is 456 g/mol. The van der Waals surface area contributed by atoms with Crippen LogP contribution in [0, 0.1) is 5.92 Å². The number of aliphatic hydroxyl groups is 1. The lowest BCUT2D eigenvalue weighted by molar-refractivity contribution is 0.204. The van der Waals surface area contributed by atoms with E-state index in [0.717, 1.165) is 42.2 Å². The van der Waals surface area contributed by atoms with Crippen LogP contribution in [0.1, 0.15) is 43.2 Å². The molecule has 2 N–H and O–H groups in total. The normalized spacial score (nSPS) is 18.8. The molecule has 0 radical (unpaired) electrons. The van der Waals surface area contributed by atoms with Crippen LogP contribution in [0.5, 0.6) is 5.75 Å². The van der Waals surface area contributed by atoms with Crippen molar-refractivity contribution in [3.63, 3.8) is 0 Å². The molecule has 1 fully saturated rings. The Balaban J connectivity index is 0.00000289. The first kappa shape index (κ1) is 24.1. The van der Waals surface area contributed by atoms with Gasteiger partial charge in [-0.15, -0.1) is 12.4 Å². The molecule has 2 heterocycles. The van der Waals surface area contributed by atoms with Gasteiger partial charge in [0.15, 0.2) is 0 Å². The molecule has 2 aliphatic rings. The molecule has 0 unspecified atom stereocenters. The van der Waals surface area contributed by atoms with E-state index in [-0.39, 0.29) is 24.2 Å². The maximum absolute atomic E-state index is 11.3. The topological polar surface area (TPSA) is 57.1 Å². The predicted octanol–water partition coefficient (Wildman–Crippen LogP) is 5.25. The van der Waals surface area contributed by atoms with Crippen LogP contribution in [0.2, 0.25) is 0 Å². The minimum Gasteiger partial charge on any atom is -0.507 e. The molecular formula is C26H34ClN3O2. The van der Waals surface area contributed by atoms with Crippen LogP contribution in [0.25, 0.3) is 5.76 Å². The fourth-order valence-corrected chi connectivity index (χ4v) is 4.92. The van der Waals surface area contributed by atoms with Crippen molar-refractivity contribution in [3.8, 4) is 5.75 Å². The smallest absolute Gasteiger partial charge is 0.130 e. The highest BCUT2D eigenvalue weighted by atomic mass is 35.5. The molecule has 172 valence electrons. The van der Waals surface area contributed by atoms with Gasteiger partial charge in [-0.25, -0.2) is 0 Å². The van der Waals surface area contributed by atoms with Crippen molar-refractivity contribution in [2.75, 3.05) is 33.3 Å². The van der Waals surface area contributed by atoms with E-state index in [9.17, 15) is 5.11 Å². The maximum atomic E-state index is 11.3. The summed E-state index contributed by atoms with van der Waals surface area (Å²) in [6, 6.07) is 18.2. The minimum absolute atomic E-state index is 0. The summed E-state index contributed by atoms with van der Waals surface area (Å²) in [6.07, 6.45) is 3.80. The molecule has 6 heteroatoms. The largest absolute Gasteiger partial charge is 0.507 e. The fourth-order valence-electron chi connectivity index (χ4n) is 4.92. The van der Waals surface area contributed by atoms with Crippen LogP contribution in [-0.2, 0) is 0 Å². The Morgan fingerprint density at radius 1 is 1.06 bits per heavy atom. The Kier molecular flexibility index (Phi) is 8.60. The number of piperidine rings is 1. The summed E-state index contributed by atoms with van der Waals surface area (Å²) in [4.78, 5) is 2.55. The number of fused-ring (bicyclic) bond motifs is 1. The van der Waals surface area contributed by atoms with Crippen LogP contribution >= 0.6 is 12.4 Å². The molecule has 0 saturated carbocycles. The molecule has 2 aliphatic heterocycles. The van der Waals surface area contributed by atoms with Crippen LogP contribution < -0.4 is 10.2 Å². The van der Waals surface area contributed by atoms with E-state index in [2.05, 4.69) is 46.6 Å². The zero-order valence-corrected chi connectivity index (χ0v) is 19.8. The Hall–Kier alpha value is -2.50. The molecule has 0 amide bonds. The lowest BCUT2D eigenvalue weighted by atomic mass is 9.76. The number of rotatable bonds is 7. The summed E-state index contributed by atoms with van der Waals surface area (Å²) in [5.41, 5.74) is 6.90.